The van der Waals surface area contributed by atoms with Crippen molar-refractivity contribution in [2.75, 3.05) is 19.6 Å². The molecule has 136 valence electrons. The lowest BCUT2D eigenvalue weighted by Crippen LogP contribution is -2.52. The lowest BCUT2D eigenvalue weighted by atomic mass is 9.81. The van der Waals surface area contributed by atoms with Crippen LogP contribution in [0.3, 0.4) is 0 Å². The fraction of sp³-hybridized carbons (Fsp3) is 0.455. The summed E-state index contributed by atoms with van der Waals surface area (Å²) in [6.07, 6.45) is 6.87. The van der Waals surface area contributed by atoms with Crippen LogP contribution in [0.1, 0.15) is 43.2 Å². The molecule has 2 saturated heterocycles. The number of carbonyl (C=O) groups excluding carboxylic acids is 1. The maximum atomic E-state index is 13.1. The maximum absolute atomic E-state index is 13.1. The second-order valence-corrected chi connectivity index (χ2v) is 7.61. The van der Waals surface area contributed by atoms with Crippen LogP contribution in [0, 0.1) is 0 Å². The summed E-state index contributed by atoms with van der Waals surface area (Å²) >= 11 is 0. The van der Waals surface area contributed by atoms with E-state index in [2.05, 4.69) is 39.9 Å². The minimum atomic E-state index is 0.0287. The summed E-state index contributed by atoms with van der Waals surface area (Å²) in [7, 11) is 0. The molecule has 1 atom stereocenters. The minimum Gasteiger partial charge on any atom is -0.337 e. The molecule has 0 bridgehead atoms. The van der Waals surface area contributed by atoms with E-state index in [1.807, 2.05) is 36.7 Å². The van der Waals surface area contributed by atoms with Gasteiger partial charge in [0.15, 0.2) is 0 Å². The molecule has 26 heavy (non-hydrogen) atoms. The van der Waals surface area contributed by atoms with Crippen molar-refractivity contribution in [3.05, 3.63) is 66.0 Å². The van der Waals surface area contributed by atoms with E-state index in [0.717, 1.165) is 45.4 Å². The summed E-state index contributed by atoms with van der Waals surface area (Å²) in [5.41, 5.74) is 2.48. The van der Waals surface area contributed by atoms with Gasteiger partial charge in [0.25, 0.3) is 0 Å². The van der Waals surface area contributed by atoms with Crippen LogP contribution in [0.5, 0.6) is 0 Å². The number of hydrogen-bond acceptors (Lipinski definition) is 3. The number of pyridine rings is 1. The van der Waals surface area contributed by atoms with Crippen LogP contribution in [0.25, 0.3) is 0 Å². The zero-order chi connectivity index (χ0) is 18.0. The topological polar surface area (TPSA) is 36.4 Å². The van der Waals surface area contributed by atoms with E-state index in [-0.39, 0.29) is 11.5 Å². The monoisotopic (exact) mass is 349 g/mol. The third-order valence-corrected chi connectivity index (χ3v) is 6.15. The molecule has 1 spiro atoms. The van der Waals surface area contributed by atoms with Gasteiger partial charge in [-0.2, -0.15) is 0 Å². The maximum Gasteiger partial charge on any atom is 0.230 e. The summed E-state index contributed by atoms with van der Waals surface area (Å²) in [5.74, 6) is 0.348. The number of likely N-dealkylation sites (tertiary alicyclic amines) is 2. The molecule has 4 nitrogen and oxygen atoms in total. The van der Waals surface area contributed by atoms with E-state index in [1.165, 1.54) is 11.1 Å². The Balaban J connectivity index is 1.47. The highest BCUT2D eigenvalue weighted by molar-refractivity contribution is 5.87. The number of carbonyl (C=O) groups is 1. The minimum absolute atomic E-state index is 0.0287. The average Bonchev–Trinajstić information content (AvgIpc) is 2.97. The van der Waals surface area contributed by atoms with E-state index in [4.69, 9.17) is 0 Å². The first-order chi connectivity index (χ1) is 12.7. The summed E-state index contributed by atoms with van der Waals surface area (Å²) in [5, 5.41) is 0. The molecule has 2 aromatic rings. The van der Waals surface area contributed by atoms with Gasteiger partial charge in [0, 0.05) is 44.1 Å². The van der Waals surface area contributed by atoms with Gasteiger partial charge in [0.1, 0.15) is 0 Å². The van der Waals surface area contributed by atoms with E-state index in [1.54, 1.807) is 0 Å². The van der Waals surface area contributed by atoms with Crippen LogP contribution in [0.15, 0.2) is 54.9 Å². The smallest absolute Gasteiger partial charge is 0.230 e. The van der Waals surface area contributed by atoms with Gasteiger partial charge in [0.2, 0.25) is 5.91 Å². The Morgan fingerprint density at radius 2 is 1.88 bits per heavy atom. The quantitative estimate of drug-likeness (QED) is 0.848. The van der Waals surface area contributed by atoms with Gasteiger partial charge < -0.3 is 4.90 Å². The number of rotatable bonds is 4. The van der Waals surface area contributed by atoms with Crippen molar-refractivity contribution >= 4 is 5.91 Å². The van der Waals surface area contributed by atoms with E-state index >= 15 is 0 Å². The first-order valence-electron chi connectivity index (χ1n) is 9.69. The molecule has 0 aliphatic carbocycles. The summed E-state index contributed by atoms with van der Waals surface area (Å²) in [4.78, 5) is 22.0. The van der Waals surface area contributed by atoms with Crippen molar-refractivity contribution in [1.82, 2.24) is 14.8 Å². The van der Waals surface area contributed by atoms with Gasteiger partial charge in [-0.15, -0.1) is 0 Å². The molecule has 1 aromatic carbocycles. The number of likely N-dealkylation sites (N-methyl/N-ethyl adjacent to an activating group) is 1. The molecular weight excluding hydrogens is 322 g/mol. The van der Waals surface area contributed by atoms with Gasteiger partial charge in [-0.05, 0) is 43.4 Å². The Morgan fingerprint density at radius 1 is 1.12 bits per heavy atom. The van der Waals surface area contributed by atoms with Crippen LogP contribution in [0.2, 0.25) is 0 Å². The number of hydrogen-bond donors (Lipinski definition) is 0. The Bertz CT molecular complexity index is 738. The van der Waals surface area contributed by atoms with Gasteiger partial charge in [0.05, 0.1) is 5.92 Å². The second-order valence-electron chi connectivity index (χ2n) is 7.61. The van der Waals surface area contributed by atoms with E-state index in [0.29, 0.717) is 5.91 Å². The number of piperidine rings is 1. The SMILES string of the molecule is CCN1C(=O)[C@H](c2ccccc2)CC12CCN(Cc1cccnc1)CC2. The molecule has 1 aromatic heterocycles. The molecule has 0 radical (unpaired) electrons. The van der Waals surface area contributed by atoms with E-state index < -0.39 is 0 Å². The number of aromatic nitrogens is 1. The molecule has 1 amide bonds. The first kappa shape index (κ1) is 17.2. The van der Waals surface area contributed by atoms with Crippen LogP contribution >= 0.6 is 0 Å². The van der Waals surface area contributed by atoms with E-state index in [9.17, 15) is 4.79 Å². The van der Waals surface area contributed by atoms with Crippen molar-refractivity contribution in [2.24, 2.45) is 0 Å². The van der Waals surface area contributed by atoms with Crippen LogP contribution in [-0.4, -0.2) is 45.9 Å². The molecule has 2 aliphatic rings. The van der Waals surface area contributed by atoms with Crippen LogP contribution < -0.4 is 0 Å². The van der Waals surface area contributed by atoms with Crippen LogP contribution in [-0.2, 0) is 11.3 Å². The third-order valence-electron chi connectivity index (χ3n) is 6.15. The lowest BCUT2D eigenvalue weighted by molar-refractivity contribution is -0.133. The second kappa shape index (κ2) is 7.20. The van der Waals surface area contributed by atoms with Crippen molar-refractivity contribution in [3.8, 4) is 0 Å². The summed E-state index contributed by atoms with van der Waals surface area (Å²) in [6, 6.07) is 14.5. The number of nitrogens with zero attached hydrogens (tertiary/aromatic N) is 3. The molecule has 2 fully saturated rings. The zero-order valence-electron chi connectivity index (χ0n) is 15.5. The fourth-order valence-corrected chi connectivity index (χ4v) is 4.79. The molecule has 0 saturated carbocycles. The van der Waals surface area contributed by atoms with Gasteiger partial charge in [-0.3, -0.25) is 14.7 Å². The first-order valence-corrected chi connectivity index (χ1v) is 9.69. The summed E-state index contributed by atoms with van der Waals surface area (Å²) in [6.45, 7) is 5.96. The molecule has 2 aliphatic heterocycles. The predicted molar refractivity (Wildman–Crippen MR) is 103 cm³/mol. The zero-order valence-corrected chi connectivity index (χ0v) is 15.5. The van der Waals surface area contributed by atoms with Gasteiger partial charge in [-0.25, -0.2) is 0 Å². The van der Waals surface area contributed by atoms with Crippen molar-refractivity contribution in [2.45, 2.75) is 44.2 Å². The standard InChI is InChI=1S/C22H27N3O/c1-2-25-21(26)20(19-8-4-3-5-9-19)15-22(25)10-13-24(14-11-22)17-18-7-6-12-23-16-18/h3-9,12,16,20H,2,10-11,13-15,17H2,1H3/t20-/m0/s1. The Hall–Kier alpha value is -2.20. The highest BCUT2D eigenvalue weighted by Gasteiger charge is 2.51. The summed E-state index contributed by atoms with van der Waals surface area (Å²) < 4.78 is 0. The number of amides is 1. The Kier molecular flexibility index (Phi) is 4.77. The fourth-order valence-electron chi connectivity index (χ4n) is 4.79. The highest BCUT2D eigenvalue weighted by atomic mass is 16.2. The normalized spacial score (nSPS) is 22.9. The van der Waals surface area contributed by atoms with Gasteiger partial charge in [-0.1, -0.05) is 36.4 Å². The molecule has 4 rings (SSSR count). The van der Waals surface area contributed by atoms with Crippen molar-refractivity contribution in [3.63, 3.8) is 0 Å². The molecule has 0 unspecified atom stereocenters. The third kappa shape index (κ3) is 3.14. The molecule has 3 heterocycles. The Morgan fingerprint density at radius 3 is 2.54 bits per heavy atom. The highest BCUT2D eigenvalue weighted by Crippen LogP contribution is 2.45. The lowest BCUT2D eigenvalue weighted by Gasteiger charge is -2.44. The molecule has 4 heteroatoms. The molecular formula is C22H27N3O. The Labute approximate surface area is 155 Å². The molecule has 0 N–H and O–H groups in total. The van der Waals surface area contributed by atoms with Crippen molar-refractivity contribution < 1.29 is 4.79 Å². The largest absolute Gasteiger partial charge is 0.337 e. The average molecular weight is 349 g/mol. The number of benzene rings is 1. The van der Waals surface area contributed by atoms with Gasteiger partial charge >= 0.3 is 0 Å². The van der Waals surface area contributed by atoms with Crippen molar-refractivity contribution in [1.29, 1.82) is 0 Å². The van der Waals surface area contributed by atoms with Crippen LogP contribution in [0.4, 0.5) is 0 Å². The predicted octanol–water partition coefficient (Wildman–Crippen LogP) is 3.45.